The topological polar surface area (TPSA) is 92.1 Å². The molecule has 0 aliphatic carbocycles. The smallest absolute Gasteiger partial charge is 0.340 e. The van der Waals surface area contributed by atoms with Crippen LogP contribution < -0.4 is 10.2 Å². The minimum absolute atomic E-state index is 0.318. The van der Waals surface area contributed by atoms with Gasteiger partial charge in [0.05, 0.1) is 5.56 Å². The molecular weight excluding hydrogens is 444 g/mol. The molecule has 178 valence electrons. The van der Waals surface area contributed by atoms with E-state index < -0.39 is 11.9 Å². The Kier molecular flexibility index (Phi) is 6.67. The molecule has 0 spiro atoms. The van der Waals surface area contributed by atoms with Crippen molar-refractivity contribution in [1.29, 1.82) is 0 Å². The van der Waals surface area contributed by atoms with Crippen LogP contribution in [0, 0.1) is 0 Å². The highest BCUT2D eigenvalue weighted by molar-refractivity contribution is 5.95. The SMILES string of the molecule is O=C(COC(=O)c1ccc2nncn2c1)Nc1ccc(N2CCN(Cc3ccccc3)CC2)cc1. The first-order valence-electron chi connectivity index (χ1n) is 11.5. The molecular formula is C26H26N6O3. The third-order valence-corrected chi connectivity index (χ3v) is 6.00. The summed E-state index contributed by atoms with van der Waals surface area (Å²) >= 11 is 0. The lowest BCUT2D eigenvalue weighted by molar-refractivity contribution is -0.119. The van der Waals surface area contributed by atoms with Crippen molar-refractivity contribution in [2.24, 2.45) is 0 Å². The van der Waals surface area contributed by atoms with Gasteiger partial charge >= 0.3 is 5.97 Å². The van der Waals surface area contributed by atoms with E-state index in [-0.39, 0.29) is 6.61 Å². The van der Waals surface area contributed by atoms with E-state index in [1.54, 1.807) is 22.7 Å². The van der Waals surface area contributed by atoms with Gasteiger partial charge in [0.1, 0.15) is 6.33 Å². The maximum Gasteiger partial charge on any atom is 0.340 e. The van der Waals surface area contributed by atoms with E-state index in [0.717, 1.165) is 38.4 Å². The van der Waals surface area contributed by atoms with Crippen LogP contribution in [0.25, 0.3) is 5.65 Å². The molecule has 9 heteroatoms. The molecule has 0 unspecified atom stereocenters. The highest BCUT2D eigenvalue weighted by Crippen LogP contribution is 2.20. The summed E-state index contributed by atoms with van der Waals surface area (Å²) < 4.78 is 6.75. The standard InChI is InChI=1S/C26H26N6O3/c33-25(18-35-26(34)21-6-11-24-29-27-19-32(24)17-21)28-22-7-9-23(10-8-22)31-14-12-30(13-15-31)16-20-4-2-1-3-5-20/h1-11,17,19H,12-16,18H2,(H,28,33). The van der Waals surface area contributed by atoms with E-state index in [4.69, 9.17) is 4.74 Å². The zero-order chi connectivity index (χ0) is 24.0. The van der Waals surface area contributed by atoms with Crippen LogP contribution >= 0.6 is 0 Å². The normalized spacial score (nSPS) is 14.1. The second kappa shape index (κ2) is 10.4. The molecule has 1 saturated heterocycles. The number of anilines is 2. The Balaban J connectivity index is 1.08. The Hall–Kier alpha value is -4.24. The summed E-state index contributed by atoms with van der Waals surface area (Å²) in [5.41, 5.74) is 4.06. The van der Waals surface area contributed by atoms with Crippen LogP contribution in [0.3, 0.4) is 0 Å². The molecule has 1 aliphatic rings. The van der Waals surface area contributed by atoms with Crippen LogP contribution in [0.2, 0.25) is 0 Å². The molecule has 2 aromatic heterocycles. The average Bonchev–Trinajstić information content (AvgIpc) is 3.37. The monoisotopic (exact) mass is 470 g/mol. The Labute approximate surface area is 202 Å². The molecule has 2 aromatic carbocycles. The average molecular weight is 471 g/mol. The van der Waals surface area contributed by atoms with Crippen LogP contribution in [0.4, 0.5) is 11.4 Å². The predicted molar refractivity (Wildman–Crippen MR) is 132 cm³/mol. The van der Waals surface area contributed by atoms with Crippen molar-refractivity contribution in [2.75, 3.05) is 43.0 Å². The Morgan fingerprint density at radius 1 is 0.914 bits per heavy atom. The number of nitrogens with zero attached hydrogens (tertiary/aromatic N) is 5. The summed E-state index contributed by atoms with van der Waals surface area (Å²) in [6.45, 7) is 4.51. The number of benzene rings is 2. The number of amides is 1. The molecule has 0 radical (unpaired) electrons. The molecule has 4 aromatic rings. The minimum atomic E-state index is -0.586. The van der Waals surface area contributed by atoms with Crippen molar-refractivity contribution < 1.29 is 14.3 Å². The number of hydrogen-bond donors (Lipinski definition) is 1. The van der Waals surface area contributed by atoms with Crippen molar-refractivity contribution in [3.8, 4) is 0 Å². The zero-order valence-corrected chi connectivity index (χ0v) is 19.2. The van der Waals surface area contributed by atoms with Crippen LogP contribution in [-0.4, -0.2) is 64.2 Å². The summed E-state index contributed by atoms with van der Waals surface area (Å²) in [6.07, 6.45) is 3.06. The number of carbonyl (C=O) groups excluding carboxylic acids is 2. The van der Waals surface area contributed by atoms with Crippen molar-refractivity contribution >= 4 is 28.9 Å². The zero-order valence-electron chi connectivity index (χ0n) is 19.2. The van der Waals surface area contributed by atoms with Gasteiger partial charge in [-0.25, -0.2) is 4.79 Å². The van der Waals surface area contributed by atoms with Gasteiger partial charge in [0.15, 0.2) is 12.3 Å². The number of esters is 1. The second-order valence-electron chi connectivity index (χ2n) is 8.43. The summed E-state index contributed by atoms with van der Waals surface area (Å²) in [6, 6.07) is 21.5. The summed E-state index contributed by atoms with van der Waals surface area (Å²) in [4.78, 5) is 29.3. The van der Waals surface area contributed by atoms with E-state index in [0.29, 0.717) is 16.9 Å². The van der Waals surface area contributed by atoms with Gasteiger partial charge in [0, 0.05) is 50.3 Å². The molecule has 0 saturated carbocycles. The lowest BCUT2D eigenvalue weighted by atomic mass is 10.2. The number of fused-ring (bicyclic) bond motifs is 1. The van der Waals surface area contributed by atoms with Crippen LogP contribution in [-0.2, 0) is 16.1 Å². The van der Waals surface area contributed by atoms with E-state index in [1.165, 1.54) is 11.9 Å². The number of hydrogen-bond acceptors (Lipinski definition) is 7. The number of pyridine rings is 1. The number of aromatic nitrogens is 3. The number of piperazine rings is 1. The fraction of sp³-hybridized carbons (Fsp3) is 0.231. The largest absolute Gasteiger partial charge is 0.452 e. The maximum absolute atomic E-state index is 12.3. The van der Waals surface area contributed by atoms with Gasteiger partial charge in [-0.1, -0.05) is 30.3 Å². The molecule has 0 atom stereocenters. The van der Waals surface area contributed by atoms with Gasteiger partial charge in [-0.2, -0.15) is 0 Å². The number of nitrogens with one attached hydrogen (secondary N) is 1. The maximum atomic E-state index is 12.3. The van der Waals surface area contributed by atoms with Gasteiger partial charge in [-0.15, -0.1) is 10.2 Å². The van der Waals surface area contributed by atoms with Crippen molar-refractivity contribution in [3.05, 3.63) is 90.4 Å². The minimum Gasteiger partial charge on any atom is -0.452 e. The first-order valence-corrected chi connectivity index (χ1v) is 11.5. The van der Waals surface area contributed by atoms with Crippen LogP contribution in [0.15, 0.2) is 79.3 Å². The number of ether oxygens (including phenoxy) is 1. The van der Waals surface area contributed by atoms with Crippen LogP contribution in [0.1, 0.15) is 15.9 Å². The summed E-state index contributed by atoms with van der Waals surface area (Å²) in [5.74, 6) is -0.983. The first-order chi connectivity index (χ1) is 17.1. The van der Waals surface area contributed by atoms with E-state index >= 15 is 0 Å². The fourth-order valence-electron chi connectivity index (χ4n) is 4.12. The quantitative estimate of drug-likeness (QED) is 0.415. The summed E-state index contributed by atoms with van der Waals surface area (Å²) in [7, 11) is 0. The number of carbonyl (C=O) groups is 2. The van der Waals surface area contributed by atoms with Gasteiger partial charge in [-0.05, 0) is 42.0 Å². The van der Waals surface area contributed by atoms with Gasteiger partial charge < -0.3 is 15.0 Å². The molecule has 5 rings (SSSR count). The Bertz CT molecular complexity index is 1300. The highest BCUT2D eigenvalue weighted by atomic mass is 16.5. The van der Waals surface area contributed by atoms with Crippen molar-refractivity contribution in [1.82, 2.24) is 19.5 Å². The molecule has 3 heterocycles. The van der Waals surface area contributed by atoms with E-state index in [9.17, 15) is 9.59 Å². The first kappa shape index (κ1) is 22.5. The van der Waals surface area contributed by atoms with E-state index in [2.05, 4.69) is 49.6 Å². The lowest BCUT2D eigenvalue weighted by Crippen LogP contribution is -2.45. The van der Waals surface area contributed by atoms with Crippen molar-refractivity contribution in [2.45, 2.75) is 6.54 Å². The number of rotatable bonds is 7. The lowest BCUT2D eigenvalue weighted by Gasteiger charge is -2.36. The molecule has 1 amide bonds. The molecule has 0 bridgehead atoms. The molecule has 1 fully saturated rings. The molecule has 9 nitrogen and oxygen atoms in total. The van der Waals surface area contributed by atoms with E-state index in [1.807, 2.05) is 30.3 Å². The highest BCUT2D eigenvalue weighted by Gasteiger charge is 2.17. The Morgan fingerprint density at radius 2 is 1.69 bits per heavy atom. The van der Waals surface area contributed by atoms with Gasteiger partial charge in [0.25, 0.3) is 5.91 Å². The Morgan fingerprint density at radius 3 is 2.46 bits per heavy atom. The predicted octanol–water partition coefficient (Wildman–Crippen LogP) is 2.85. The third kappa shape index (κ3) is 5.64. The van der Waals surface area contributed by atoms with Crippen LogP contribution in [0.5, 0.6) is 0 Å². The molecule has 1 N–H and O–H groups in total. The summed E-state index contributed by atoms with van der Waals surface area (Å²) in [5, 5.41) is 10.4. The molecule has 35 heavy (non-hydrogen) atoms. The van der Waals surface area contributed by atoms with Gasteiger partial charge in [0.2, 0.25) is 0 Å². The van der Waals surface area contributed by atoms with Gasteiger partial charge in [-0.3, -0.25) is 14.1 Å². The van der Waals surface area contributed by atoms with Crippen molar-refractivity contribution in [3.63, 3.8) is 0 Å². The molecule has 1 aliphatic heterocycles. The third-order valence-electron chi connectivity index (χ3n) is 6.00. The second-order valence-corrected chi connectivity index (χ2v) is 8.43. The fourth-order valence-corrected chi connectivity index (χ4v) is 4.12.